The first-order chi connectivity index (χ1) is 15.9. The number of primary amides is 1. The molecule has 0 saturated heterocycles. The maximum Gasteiger partial charge on any atom is 0.248 e. The van der Waals surface area contributed by atoms with Gasteiger partial charge in [0.1, 0.15) is 28.8 Å². The number of hydrogen-bond donors (Lipinski definition) is 4. The summed E-state index contributed by atoms with van der Waals surface area (Å²) in [6.45, 7) is 0.785. The Bertz CT molecular complexity index is 1420. The Morgan fingerprint density at radius 1 is 1.12 bits per heavy atom. The number of anilines is 2. The Hall–Kier alpha value is -4.54. The van der Waals surface area contributed by atoms with Gasteiger partial charge in [-0.25, -0.2) is 9.97 Å². The monoisotopic (exact) mass is 449 g/mol. The van der Waals surface area contributed by atoms with Crippen molar-refractivity contribution in [1.29, 1.82) is 0 Å². The number of carbonyl (C=O) groups excluding carboxylic acids is 2. The molecule has 0 radical (unpaired) electrons. The number of aromatic nitrogens is 4. The number of nitrogens with one attached hydrogen (secondary N) is 1. The van der Waals surface area contributed by atoms with Crippen LogP contribution in [0.25, 0.3) is 22.1 Å². The number of benzene rings is 2. The molecule has 2 aromatic heterocycles. The van der Waals surface area contributed by atoms with Gasteiger partial charge in [0.2, 0.25) is 17.8 Å². The fourth-order valence-corrected chi connectivity index (χ4v) is 3.79. The standard InChI is InChI=1S/C22H23N7O4/c1-25-22-27-14-7-12(11-30)8-16(31)18(14)29(22)6-4-3-5-28-19-15(26-21(28)24)9-13(20(23)32)10-17(19)33-2/h3-4,7-11,31H,5-6H2,1-2H3,(H2,23,32)(H2,24,26)(H,25,27)/b4-3+. The number of aldehydes is 1. The maximum atomic E-state index is 11.6. The normalized spacial score (nSPS) is 11.5. The quantitative estimate of drug-likeness (QED) is 0.234. The third-order valence-electron chi connectivity index (χ3n) is 5.29. The second-order valence-corrected chi connectivity index (χ2v) is 7.28. The minimum Gasteiger partial charge on any atom is -0.506 e. The van der Waals surface area contributed by atoms with Crippen LogP contribution in [0.5, 0.6) is 11.5 Å². The summed E-state index contributed by atoms with van der Waals surface area (Å²) in [4.78, 5) is 31.4. The molecule has 0 aliphatic rings. The van der Waals surface area contributed by atoms with Gasteiger partial charge in [-0.3, -0.25) is 9.59 Å². The molecule has 0 unspecified atom stereocenters. The van der Waals surface area contributed by atoms with Crippen molar-refractivity contribution in [3.63, 3.8) is 0 Å². The summed E-state index contributed by atoms with van der Waals surface area (Å²) in [7, 11) is 3.22. The number of nitrogens with zero attached hydrogens (tertiary/aromatic N) is 4. The van der Waals surface area contributed by atoms with E-state index in [0.29, 0.717) is 58.7 Å². The molecule has 4 aromatic rings. The molecule has 6 N–H and O–H groups in total. The van der Waals surface area contributed by atoms with Crippen LogP contribution in [0.3, 0.4) is 0 Å². The summed E-state index contributed by atoms with van der Waals surface area (Å²) in [5.41, 5.74) is 14.3. The van der Waals surface area contributed by atoms with E-state index in [1.54, 1.807) is 34.4 Å². The first kappa shape index (κ1) is 21.7. The summed E-state index contributed by atoms with van der Waals surface area (Å²) in [6, 6.07) is 6.15. The third kappa shape index (κ3) is 3.80. The maximum absolute atomic E-state index is 11.6. The number of phenolic OH excluding ortho intramolecular Hbond substituents is 1. The van der Waals surface area contributed by atoms with Crippen molar-refractivity contribution in [2.45, 2.75) is 13.1 Å². The second-order valence-electron chi connectivity index (χ2n) is 7.28. The van der Waals surface area contributed by atoms with Crippen LogP contribution in [0.15, 0.2) is 36.4 Å². The van der Waals surface area contributed by atoms with Crippen LogP contribution in [0.1, 0.15) is 20.7 Å². The smallest absolute Gasteiger partial charge is 0.248 e. The molecule has 4 rings (SSSR count). The molecule has 0 aliphatic heterocycles. The van der Waals surface area contributed by atoms with E-state index in [9.17, 15) is 14.7 Å². The van der Waals surface area contributed by atoms with E-state index >= 15 is 0 Å². The highest BCUT2D eigenvalue weighted by atomic mass is 16.5. The Morgan fingerprint density at radius 2 is 1.82 bits per heavy atom. The SMILES string of the molecule is CNc1nc2cc(C=O)cc(O)c2n1C/C=C/Cn1c(N)nc2cc(C(N)=O)cc(OC)c21. The number of carbonyl (C=O) groups is 2. The van der Waals surface area contributed by atoms with E-state index in [1.807, 2.05) is 12.2 Å². The van der Waals surface area contributed by atoms with Gasteiger partial charge in [0.05, 0.1) is 18.1 Å². The molecule has 0 saturated carbocycles. The fraction of sp³-hybridized carbons (Fsp3) is 0.182. The third-order valence-corrected chi connectivity index (χ3v) is 5.29. The van der Waals surface area contributed by atoms with Crippen molar-refractivity contribution in [2.75, 3.05) is 25.2 Å². The van der Waals surface area contributed by atoms with Crippen LogP contribution in [0.2, 0.25) is 0 Å². The molecule has 1 amide bonds. The summed E-state index contributed by atoms with van der Waals surface area (Å²) in [5.74, 6) is 0.628. The zero-order valence-corrected chi connectivity index (χ0v) is 18.1. The van der Waals surface area contributed by atoms with Gasteiger partial charge in [-0.2, -0.15) is 0 Å². The molecular formula is C22H23N7O4. The largest absolute Gasteiger partial charge is 0.506 e. The first-order valence-corrected chi connectivity index (χ1v) is 10.0. The van der Waals surface area contributed by atoms with Gasteiger partial charge < -0.3 is 35.8 Å². The Balaban J connectivity index is 1.65. The molecule has 2 heterocycles. The number of nitrogen functional groups attached to an aromatic ring is 1. The summed E-state index contributed by atoms with van der Waals surface area (Å²) < 4.78 is 8.98. The highest BCUT2D eigenvalue weighted by molar-refractivity contribution is 5.98. The van der Waals surface area contributed by atoms with Crippen LogP contribution in [-0.4, -0.2) is 50.6 Å². The van der Waals surface area contributed by atoms with E-state index in [4.69, 9.17) is 16.2 Å². The predicted molar refractivity (Wildman–Crippen MR) is 125 cm³/mol. The Labute approximate surface area is 188 Å². The lowest BCUT2D eigenvalue weighted by Crippen LogP contribution is -2.11. The Morgan fingerprint density at radius 3 is 2.45 bits per heavy atom. The number of allylic oxidation sites excluding steroid dienone is 2. The number of imidazole rings is 2. The van der Waals surface area contributed by atoms with Crippen LogP contribution in [0.4, 0.5) is 11.9 Å². The minimum absolute atomic E-state index is 0.0307. The molecule has 11 nitrogen and oxygen atoms in total. The van der Waals surface area contributed by atoms with E-state index in [-0.39, 0.29) is 17.3 Å². The molecule has 33 heavy (non-hydrogen) atoms. The molecule has 0 spiro atoms. The van der Waals surface area contributed by atoms with Crippen molar-refractivity contribution >= 4 is 46.2 Å². The van der Waals surface area contributed by atoms with Gasteiger partial charge in [-0.15, -0.1) is 0 Å². The highest BCUT2D eigenvalue weighted by Crippen LogP contribution is 2.31. The van der Waals surface area contributed by atoms with Gasteiger partial charge in [-0.1, -0.05) is 12.2 Å². The number of phenols is 1. The van der Waals surface area contributed by atoms with E-state index in [2.05, 4.69) is 15.3 Å². The average molecular weight is 449 g/mol. The number of hydrogen-bond acceptors (Lipinski definition) is 8. The number of nitrogens with two attached hydrogens (primary N) is 2. The zero-order chi connectivity index (χ0) is 23.7. The van der Waals surface area contributed by atoms with Crippen LogP contribution < -0.4 is 21.5 Å². The fourth-order valence-electron chi connectivity index (χ4n) is 3.79. The number of amides is 1. The first-order valence-electron chi connectivity index (χ1n) is 10.0. The van der Waals surface area contributed by atoms with Gasteiger partial charge in [0, 0.05) is 31.3 Å². The van der Waals surface area contributed by atoms with Gasteiger partial charge >= 0.3 is 0 Å². The second kappa shape index (κ2) is 8.54. The number of aromatic hydroxyl groups is 1. The van der Waals surface area contributed by atoms with Crippen molar-refractivity contribution in [3.8, 4) is 11.5 Å². The molecule has 0 bridgehead atoms. The van der Waals surface area contributed by atoms with Crippen LogP contribution >= 0.6 is 0 Å². The lowest BCUT2D eigenvalue weighted by Gasteiger charge is -2.09. The number of methoxy groups -OCH3 is 1. The van der Waals surface area contributed by atoms with Crippen LogP contribution in [-0.2, 0) is 13.1 Å². The van der Waals surface area contributed by atoms with Gasteiger partial charge in [0.25, 0.3) is 0 Å². The lowest BCUT2D eigenvalue weighted by atomic mass is 10.1. The number of fused-ring (bicyclic) bond motifs is 2. The van der Waals surface area contributed by atoms with Crippen LogP contribution in [0, 0.1) is 0 Å². The summed E-state index contributed by atoms with van der Waals surface area (Å²) in [5, 5.41) is 13.4. The molecule has 0 aliphatic carbocycles. The molecule has 170 valence electrons. The van der Waals surface area contributed by atoms with E-state index in [1.165, 1.54) is 13.2 Å². The highest BCUT2D eigenvalue weighted by Gasteiger charge is 2.16. The van der Waals surface area contributed by atoms with Crippen molar-refractivity contribution < 1.29 is 19.4 Å². The van der Waals surface area contributed by atoms with Gasteiger partial charge in [-0.05, 0) is 24.3 Å². The summed E-state index contributed by atoms with van der Waals surface area (Å²) in [6.07, 6.45) is 4.45. The topological polar surface area (TPSA) is 163 Å². The van der Waals surface area contributed by atoms with E-state index in [0.717, 1.165) is 0 Å². The Kier molecular flexibility index (Phi) is 5.61. The minimum atomic E-state index is -0.584. The zero-order valence-electron chi connectivity index (χ0n) is 18.1. The predicted octanol–water partition coefficient (Wildman–Crippen LogP) is 1.89. The average Bonchev–Trinajstić information content (AvgIpc) is 3.32. The van der Waals surface area contributed by atoms with Crippen molar-refractivity contribution in [2.24, 2.45) is 5.73 Å². The molecule has 11 heteroatoms. The van der Waals surface area contributed by atoms with E-state index < -0.39 is 5.91 Å². The number of rotatable bonds is 8. The molecule has 2 aromatic carbocycles. The number of ether oxygens (including phenoxy) is 1. The summed E-state index contributed by atoms with van der Waals surface area (Å²) >= 11 is 0. The van der Waals surface area contributed by atoms with Gasteiger partial charge in [0.15, 0.2) is 0 Å². The van der Waals surface area contributed by atoms with Crippen molar-refractivity contribution in [3.05, 3.63) is 47.5 Å². The molecule has 0 atom stereocenters. The lowest BCUT2D eigenvalue weighted by molar-refractivity contribution is 0.0999. The molecule has 0 fully saturated rings. The van der Waals surface area contributed by atoms with Crippen molar-refractivity contribution in [1.82, 2.24) is 19.1 Å². The molecular weight excluding hydrogens is 426 g/mol.